The van der Waals surface area contributed by atoms with Crippen LogP contribution >= 0.6 is 25.3 Å². The molecule has 1 aliphatic heterocycles. The summed E-state index contributed by atoms with van der Waals surface area (Å²) in [4.78, 5) is 229. The highest BCUT2D eigenvalue weighted by molar-refractivity contribution is 7.80. The highest BCUT2D eigenvalue weighted by atomic mass is 32.1. The molecule has 0 aromatic carbocycles. The summed E-state index contributed by atoms with van der Waals surface area (Å²) < 4.78 is 0. The van der Waals surface area contributed by atoms with Crippen molar-refractivity contribution in [3.05, 3.63) is 36.4 Å². The molecule has 20 N–H and O–H groups in total. The van der Waals surface area contributed by atoms with E-state index in [-0.39, 0.29) is 55.3 Å². The molecule has 12 atom stereocenters. The molecule has 102 heavy (non-hydrogen) atoms. The summed E-state index contributed by atoms with van der Waals surface area (Å²) in [6, 6.07) is -16.7. The van der Waals surface area contributed by atoms with Crippen LogP contribution in [0.4, 0.5) is 0 Å². The van der Waals surface area contributed by atoms with Gasteiger partial charge in [-0.3, -0.25) is 71.9 Å². The summed E-state index contributed by atoms with van der Waals surface area (Å²) in [5.74, 6) is -18.3. The van der Waals surface area contributed by atoms with Crippen molar-refractivity contribution in [2.75, 3.05) is 44.3 Å². The van der Waals surface area contributed by atoms with Crippen molar-refractivity contribution >= 4 is 120 Å². The number of carboxylic acids is 2. The topological polar surface area (TPSA) is 577 Å². The second-order valence-electron chi connectivity index (χ2n) is 26.1. The molecule has 1 fully saturated rings. The minimum atomic E-state index is -1.92. The standard InChI is InChI=1S/C62H99N19O19S2/c1-28(2)14-39(62(99)100)72-44(84)22-68-58(95)48(30(5)6)80-60(97)50(32(9)10)78-55(92)38(17-46(86)87)75-54(91)37(16-34-19-65-27-70-34)74-53(90)36(15-33-18-64-26-69-33)71-43(83)21-67-57(94)47(29(3)4)79-56(93)42-12-11-13-81(42)61(98)41(25-102)73-45(85)20-66-52(89)40(24-101)76-59(96)49(31(7)8)77-51(88)35(63)23-82/h18-19,26-32,35-42,47-50,82,101-102H,11-17,20-25,63H2,1-10H3,(H,64,69)(H,65,70)(H,66,89)(H,67,94)(H,68,95)(H,71,83)(H,72,84)(H,73,85)(H,74,90)(H,75,91)(H,76,96)(H,77,88)(H,78,92)(H,79,93)(H,80,97)(H,86,87)(H,99,100)/t35-,36-,37-,38-,39-,40-,41-,42-,47-,48-,49-,50-/m0/s1. The van der Waals surface area contributed by atoms with Crippen molar-refractivity contribution in [1.29, 1.82) is 0 Å². The van der Waals surface area contributed by atoms with E-state index in [1.165, 1.54) is 43.8 Å². The van der Waals surface area contributed by atoms with E-state index in [1.54, 1.807) is 55.4 Å². The second kappa shape index (κ2) is 42.7. The quantitative estimate of drug-likeness (QED) is 0.0275. The maximum atomic E-state index is 14.4. The van der Waals surface area contributed by atoms with Crippen molar-refractivity contribution < 1.29 is 92.0 Å². The SMILES string of the molecule is CC(C)C[C@H](NC(=O)CNC(=O)[C@@H](NC(=O)[C@@H](NC(=O)[C@H](CC(=O)O)NC(=O)[C@H](Cc1cnc[nH]1)NC(=O)[C@H](Cc1cnc[nH]1)NC(=O)CNC(=O)[C@@H](NC(=O)[C@@H]1CCCN1C(=O)[C@H](CS)NC(=O)CNC(=O)[C@H](CS)NC(=O)[C@@H](NC(=O)[C@@H](N)CO)C(C)C)C(C)C)C(C)C)C(C)C)C(=O)O. The number of nitrogens with two attached hydrogens (primary N) is 1. The Hall–Kier alpha value is -9.44. The number of likely N-dealkylation sites (tertiary alicyclic amines) is 1. The predicted molar refractivity (Wildman–Crippen MR) is 369 cm³/mol. The number of thiol groups is 2. The van der Waals surface area contributed by atoms with Gasteiger partial charge in [0.15, 0.2) is 0 Å². The van der Waals surface area contributed by atoms with Crippen LogP contribution in [0.1, 0.15) is 106 Å². The van der Waals surface area contributed by atoms with Gasteiger partial charge in [-0.1, -0.05) is 69.2 Å². The van der Waals surface area contributed by atoms with Crippen molar-refractivity contribution in [3.63, 3.8) is 0 Å². The molecule has 0 saturated carbocycles. The van der Waals surface area contributed by atoms with Crippen LogP contribution in [0.3, 0.4) is 0 Å². The highest BCUT2D eigenvalue weighted by Gasteiger charge is 2.41. The molecule has 38 nitrogen and oxygen atoms in total. The Morgan fingerprint density at radius 2 is 0.892 bits per heavy atom. The number of amides is 14. The zero-order valence-corrected chi connectivity index (χ0v) is 60.3. The Labute approximate surface area is 599 Å². The number of carboxylic acid groups (broad SMARTS) is 2. The number of aromatic amines is 2. The molecule has 2 aromatic heterocycles. The van der Waals surface area contributed by atoms with E-state index in [2.05, 4.69) is 114 Å². The predicted octanol–water partition coefficient (Wildman–Crippen LogP) is -6.49. The first kappa shape index (κ1) is 86.8. The summed E-state index contributed by atoms with van der Waals surface area (Å²) in [5, 5.41) is 60.6. The zero-order valence-electron chi connectivity index (χ0n) is 58.5. The molecule has 2 aromatic rings. The first-order valence-corrected chi connectivity index (χ1v) is 34.3. The van der Waals surface area contributed by atoms with Gasteiger partial charge in [0, 0.05) is 54.7 Å². The first-order valence-electron chi connectivity index (χ1n) is 33.0. The normalized spacial score (nSPS) is 16.0. The molecule has 0 bridgehead atoms. The molecule has 0 aliphatic carbocycles. The smallest absolute Gasteiger partial charge is 0.326 e. The maximum absolute atomic E-state index is 14.4. The fourth-order valence-corrected chi connectivity index (χ4v) is 10.7. The zero-order chi connectivity index (χ0) is 76.8. The number of aromatic nitrogens is 4. The number of hydrogen-bond acceptors (Lipinski definition) is 22. The lowest BCUT2D eigenvalue weighted by atomic mass is 9.99. The van der Waals surface area contributed by atoms with Gasteiger partial charge in [-0.2, -0.15) is 25.3 Å². The number of carbonyl (C=O) groups excluding carboxylic acids is 14. The maximum Gasteiger partial charge on any atom is 0.326 e. The number of hydrogen-bond donors (Lipinski definition) is 21. The van der Waals surface area contributed by atoms with Crippen molar-refractivity contribution in [2.24, 2.45) is 35.3 Å². The van der Waals surface area contributed by atoms with E-state index >= 15 is 0 Å². The molecule has 0 spiro atoms. The molecular formula is C62H99N19O19S2. The number of aliphatic hydroxyl groups excluding tert-OH is 1. The third kappa shape index (κ3) is 28.5. The molecule has 0 unspecified atom stereocenters. The monoisotopic (exact) mass is 1480 g/mol. The van der Waals surface area contributed by atoms with Crippen LogP contribution in [0.2, 0.25) is 0 Å². The number of imidazole rings is 2. The summed E-state index contributed by atoms with van der Waals surface area (Å²) in [6.45, 7) is 13.4. The third-order valence-corrected chi connectivity index (χ3v) is 16.6. The summed E-state index contributed by atoms with van der Waals surface area (Å²) in [6.07, 6.45) is 4.06. The van der Waals surface area contributed by atoms with Crippen LogP contribution in [0, 0.1) is 29.6 Å². The molecule has 3 heterocycles. The molecular weight excluding hydrogens is 1380 g/mol. The van der Waals surface area contributed by atoms with Gasteiger partial charge in [0.25, 0.3) is 0 Å². The van der Waals surface area contributed by atoms with Gasteiger partial charge < -0.3 is 105 Å². The minimum Gasteiger partial charge on any atom is -0.481 e. The van der Waals surface area contributed by atoms with Gasteiger partial charge in [-0.15, -0.1) is 0 Å². The van der Waals surface area contributed by atoms with Gasteiger partial charge >= 0.3 is 11.9 Å². The number of rotatable bonds is 43. The molecule has 3 rings (SSSR count). The van der Waals surface area contributed by atoms with Crippen LogP contribution < -0.4 is 74.9 Å². The number of carbonyl (C=O) groups is 16. The van der Waals surface area contributed by atoms with Crippen molar-refractivity contribution in [2.45, 2.75) is 180 Å². The fraction of sp³-hybridized carbons (Fsp3) is 0.645. The largest absolute Gasteiger partial charge is 0.481 e. The summed E-state index contributed by atoms with van der Waals surface area (Å²) in [7, 11) is 0. The van der Waals surface area contributed by atoms with Gasteiger partial charge in [0.2, 0.25) is 82.7 Å². The minimum absolute atomic E-state index is 0.0580. The van der Waals surface area contributed by atoms with Crippen LogP contribution in [-0.2, 0) is 89.6 Å². The third-order valence-electron chi connectivity index (χ3n) is 15.9. The molecule has 14 amide bonds. The number of nitrogens with zero attached hydrogens (tertiary/aromatic N) is 3. The Balaban J connectivity index is 1.73. The summed E-state index contributed by atoms with van der Waals surface area (Å²) in [5.41, 5.74) is 6.12. The van der Waals surface area contributed by atoms with Crippen LogP contribution in [0.5, 0.6) is 0 Å². The van der Waals surface area contributed by atoms with Gasteiger partial charge in [0.1, 0.15) is 72.5 Å². The highest BCUT2D eigenvalue weighted by Crippen LogP contribution is 2.20. The number of H-pyrrole nitrogens is 2. The van der Waals surface area contributed by atoms with Gasteiger partial charge in [-0.05, 0) is 48.9 Å². The lowest BCUT2D eigenvalue weighted by Crippen LogP contribution is -2.61. The number of nitrogens with one attached hydrogen (secondary N) is 15. The van der Waals surface area contributed by atoms with E-state index in [0.29, 0.717) is 12.1 Å². The van der Waals surface area contributed by atoms with E-state index in [0.717, 1.165) is 0 Å². The van der Waals surface area contributed by atoms with Crippen LogP contribution in [-0.4, -0.2) is 252 Å². The molecule has 40 heteroatoms. The fourth-order valence-electron chi connectivity index (χ4n) is 10.2. The van der Waals surface area contributed by atoms with Crippen LogP contribution in [0.25, 0.3) is 0 Å². The first-order chi connectivity index (χ1) is 47.9. The Bertz CT molecular complexity index is 3230. The average molecular weight is 1480 g/mol. The number of aliphatic hydroxyl groups is 1. The van der Waals surface area contributed by atoms with Crippen LogP contribution in [0.15, 0.2) is 25.0 Å². The molecule has 1 aliphatic rings. The lowest BCUT2D eigenvalue weighted by Gasteiger charge is -2.30. The Morgan fingerprint density at radius 1 is 0.500 bits per heavy atom. The second-order valence-corrected chi connectivity index (χ2v) is 26.8. The molecule has 0 radical (unpaired) electrons. The van der Waals surface area contributed by atoms with Gasteiger partial charge in [0.05, 0.1) is 45.3 Å². The van der Waals surface area contributed by atoms with Gasteiger partial charge in [-0.25, -0.2) is 14.8 Å². The number of aliphatic carboxylic acids is 2. The molecule has 1 saturated heterocycles. The van der Waals surface area contributed by atoms with E-state index in [4.69, 9.17) is 5.73 Å². The van der Waals surface area contributed by atoms with E-state index < -0.39 is 223 Å². The lowest BCUT2D eigenvalue weighted by molar-refractivity contribution is -0.142. The van der Waals surface area contributed by atoms with Crippen molar-refractivity contribution in [3.8, 4) is 0 Å². The Morgan fingerprint density at radius 3 is 1.32 bits per heavy atom. The van der Waals surface area contributed by atoms with E-state index in [1.807, 2.05) is 0 Å². The average Bonchev–Trinajstić information content (AvgIpc) is 1.60. The summed E-state index contributed by atoms with van der Waals surface area (Å²) >= 11 is 8.37. The Kier molecular flexibility index (Phi) is 36.4. The van der Waals surface area contributed by atoms with Crippen molar-refractivity contribution in [1.82, 2.24) is 94.0 Å². The molecule has 568 valence electrons. The van der Waals surface area contributed by atoms with E-state index in [9.17, 15) is 92.0 Å².